The summed E-state index contributed by atoms with van der Waals surface area (Å²) in [5.74, 6) is 1.06. The average Bonchev–Trinajstić information content (AvgIpc) is 2.23. The number of hydrogen-bond donors (Lipinski definition) is 2. The van der Waals surface area contributed by atoms with Crippen LogP contribution in [-0.4, -0.2) is 25.0 Å². The molecule has 0 aliphatic heterocycles. The lowest BCUT2D eigenvalue weighted by Crippen LogP contribution is -2.64. The van der Waals surface area contributed by atoms with E-state index >= 15 is 0 Å². The Balaban J connectivity index is 1.68. The third-order valence-corrected chi connectivity index (χ3v) is 5.76. The molecule has 108 valence electrons. The molecule has 4 bridgehead atoms. The van der Waals surface area contributed by atoms with Crippen LogP contribution in [0.15, 0.2) is 0 Å². The van der Waals surface area contributed by atoms with Crippen LogP contribution in [0.1, 0.15) is 58.8 Å². The summed E-state index contributed by atoms with van der Waals surface area (Å²) in [4.78, 5) is 11.4. The second-order valence-electron chi connectivity index (χ2n) is 8.26. The summed E-state index contributed by atoms with van der Waals surface area (Å²) in [5, 5.41) is 6.49. The van der Waals surface area contributed by atoms with E-state index in [0.29, 0.717) is 22.8 Å². The van der Waals surface area contributed by atoms with Crippen LogP contribution < -0.4 is 10.6 Å². The van der Waals surface area contributed by atoms with E-state index in [2.05, 4.69) is 24.5 Å². The highest BCUT2D eigenvalue weighted by atomic mass is 16.1. The summed E-state index contributed by atoms with van der Waals surface area (Å²) >= 11 is 0. The maximum absolute atomic E-state index is 11.4. The van der Waals surface area contributed by atoms with Crippen molar-refractivity contribution in [2.45, 2.75) is 64.3 Å². The van der Waals surface area contributed by atoms with E-state index in [0.717, 1.165) is 12.5 Å². The molecule has 3 heteroatoms. The predicted molar refractivity (Wildman–Crippen MR) is 76.8 cm³/mol. The van der Waals surface area contributed by atoms with E-state index in [1.54, 1.807) is 7.05 Å². The number of rotatable bonds is 4. The van der Waals surface area contributed by atoms with Crippen LogP contribution in [0.4, 0.5) is 0 Å². The van der Waals surface area contributed by atoms with Crippen molar-refractivity contribution in [3.8, 4) is 0 Å². The van der Waals surface area contributed by atoms with E-state index < -0.39 is 0 Å². The van der Waals surface area contributed by atoms with Crippen LogP contribution in [0.3, 0.4) is 0 Å². The SMILES string of the molecule is CNC(=O)CCNC12CC3CC(C)(CC(C)(C3)C1)C2. The van der Waals surface area contributed by atoms with Gasteiger partial charge in [0.2, 0.25) is 5.91 Å². The molecule has 0 radical (unpaired) electrons. The molecule has 4 saturated carbocycles. The van der Waals surface area contributed by atoms with Crippen molar-refractivity contribution >= 4 is 5.91 Å². The Hall–Kier alpha value is -0.570. The van der Waals surface area contributed by atoms with E-state index in [4.69, 9.17) is 0 Å². The van der Waals surface area contributed by atoms with Gasteiger partial charge in [-0.1, -0.05) is 13.8 Å². The summed E-state index contributed by atoms with van der Waals surface area (Å²) in [6.45, 7) is 5.81. The molecule has 2 N–H and O–H groups in total. The predicted octanol–water partition coefficient (Wildman–Crippen LogP) is 2.46. The maximum atomic E-state index is 11.4. The smallest absolute Gasteiger partial charge is 0.221 e. The van der Waals surface area contributed by atoms with Gasteiger partial charge in [-0.05, 0) is 55.3 Å². The zero-order chi connectivity index (χ0) is 13.7. The normalized spacial score (nSPS) is 47.4. The van der Waals surface area contributed by atoms with Gasteiger partial charge in [0, 0.05) is 25.6 Å². The number of hydrogen-bond acceptors (Lipinski definition) is 2. The van der Waals surface area contributed by atoms with E-state index in [-0.39, 0.29) is 5.91 Å². The fraction of sp³-hybridized carbons (Fsp3) is 0.938. The van der Waals surface area contributed by atoms with Gasteiger partial charge in [-0.25, -0.2) is 0 Å². The molecule has 2 unspecified atom stereocenters. The number of carbonyl (C=O) groups excluding carboxylic acids is 1. The molecule has 3 nitrogen and oxygen atoms in total. The lowest BCUT2D eigenvalue weighted by atomic mass is 9.43. The molecule has 4 aliphatic rings. The minimum Gasteiger partial charge on any atom is -0.359 e. The van der Waals surface area contributed by atoms with Gasteiger partial charge in [0.1, 0.15) is 0 Å². The fourth-order valence-corrected chi connectivity index (χ4v) is 6.21. The standard InChI is InChI=1S/C16H28N2O/c1-14-6-12-7-15(2,9-14)11-16(8-12,10-14)18-5-4-13(19)17-3/h12,18H,4-11H2,1-3H3,(H,17,19). The topological polar surface area (TPSA) is 41.1 Å². The molecule has 0 saturated heterocycles. The Labute approximate surface area is 116 Å². The molecule has 0 heterocycles. The number of nitrogens with one attached hydrogen (secondary N) is 2. The van der Waals surface area contributed by atoms with Crippen LogP contribution in [0.25, 0.3) is 0 Å². The lowest BCUT2D eigenvalue weighted by Gasteiger charge is -2.65. The van der Waals surface area contributed by atoms with Gasteiger partial charge in [-0.3, -0.25) is 4.79 Å². The van der Waals surface area contributed by atoms with Crippen molar-refractivity contribution in [2.75, 3.05) is 13.6 Å². The monoisotopic (exact) mass is 264 g/mol. The zero-order valence-electron chi connectivity index (χ0n) is 12.6. The minimum atomic E-state index is 0.148. The van der Waals surface area contributed by atoms with Crippen LogP contribution >= 0.6 is 0 Å². The Morgan fingerprint density at radius 1 is 1.11 bits per heavy atom. The molecule has 2 atom stereocenters. The third-order valence-electron chi connectivity index (χ3n) is 5.76. The molecule has 4 aliphatic carbocycles. The van der Waals surface area contributed by atoms with Crippen LogP contribution in [-0.2, 0) is 4.79 Å². The van der Waals surface area contributed by atoms with Crippen LogP contribution in [0, 0.1) is 16.7 Å². The molecule has 1 amide bonds. The first-order valence-electron chi connectivity index (χ1n) is 7.82. The maximum Gasteiger partial charge on any atom is 0.221 e. The Morgan fingerprint density at radius 2 is 1.74 bits per heavy atom. The van der Waals surface area contributed by atoms with E-state index in [1.165, 1.54) is 38.5 Å². The molecule has 0 aromatic heterocycles. The van der Waals surface area contributed by atoms with Crippen molar-refractivity contribution < 1.29 is 4.79 Å². The highest BCUT2D eigenvalue weighted by Crippen LogP contribution is 2.66. The van der Waals surface area contributed by atoms with E-state index in [1.807, 2.05) is 0 Å². The van der Waals surface area contributed by atoms with Gasteiger partial charge in [0.15, 0.2) is 0 Å². The average molecular weight is 264 g/mol. The second kappa shape index (κ2) is 4.21. The van der Waals surface area contributed by atoms with Crippen molar-refractivity contribution in [3.63, 3.8) is 0 Å². The number of amides is 1. The van der Waals surface area contributed by atoms with Gasteiger partial charge < -0.3 is 10.6 Å². The fourth-order valence-electron chi connectivity index (χ4n) is 6.21. The Bertz CT molecular complexity index is 374. The first-order valence-corrected chi connectivity index (χ1v) is 7.82. The molecule has 4 rings (SSSR count). The largest absolute Gasteiger partial charge is 0.359 e. The summed E-state index contributed by atoms with van der Waals surface area (Å²) in [6, 6.07) is 0. The van der Waals surface area contributed by atoms with Gasteiger partial charge in [0.05, 0.1) is 0 Å². The third kappa shape index (κ3) is 2.42. The lowest BCUT2D eigenvalue weighted by molar-refractivity contribution is -0.123. The summed E-state index contributed by atoms with van der Waals surface area (Å²) in [7, 11) is 1.72. The summed E-state index contributed by atoms with van der Waals surface area (Å²) in [5.41, 5.74) is 1.43. The minimum absolute atomic E-state index is 0.148. The second-order valence-corrected chi connectivity index (χ2v) is 8.26. The summed E-state index contributed by atoms with van der Waals surface area (Å²) < 4.78 is 0. The van der Waals surface area contributed by atoms with Crippen LogP contribution in [0.2, 0.25) is 0 Å². The Kier molecular flexibility index (Phi) is 2.97. The molecule has 0 spiro atoms. The van der Waals surface area contributed by atoms with Crippen LogP contribution in [0.5, 0.6) is 0 Å². The van der Waals surface area contributed by atoms with Gasteiger partial charge in [-0.2, -0.15) is 0 Å². The highest BCUT2D eigenvalue weighted by Gasteiger charge is 2.59. The molecule has 0 aromatic rings. The molecule has 4 fully saturated rings. The summed E-state index contributed by atoms with van der Waals surface area (Å²) in [6.07, 6.45) is 8.86. The number of carbonyl (C=O) groups is 1. The first kappa shape index (κ1) is 13.4. The van der Waals surface area contributed by atoms with Crippen molar-refractivity contribution in [1.82, 2.24) is 10.6 Å². The first-order chi connectivity index (χ1) is 8.86. The zero-order valence-corrected chi connectivity index (χ0v) is 12.6. The molecule has 19 heavy (non-hydrogen) atoms. The van der Waals surface area contributed by atoms with Crippen molar-refractivity contribution in [1.29, 1.82) is 0 Å². The molecular weight excluding hydrogens is 236 g/mol. The van der Waals surface area contributed by atoms with E-state index in [9.17, 15) is 4.79 Å². The Morgan fingerprint density at radius 3 is 2.26 bits per heavy atom. The van der Waals surface area contributed by atoms with Gasteiger partial charge in [0.25, 0.3) is 0 Å². The van der Waals surface area contributed by atoms with Crippen molar-refractivity contribution in [2.24, 2.45) is 16.7 Å². The van der Waals surface area contributed by atoms with Gasteiger partial charge >= 0.3 is 0 Å². The highest BCUT2D eigenvalue weighted by molar-refractivity contribution is 5.75. The molecular formula is C16H28N2O. The quantitative estimate of drug-likeness (QED) is 0.819. The molecule has 0 aromatic carbocycles. The van der Waals surface area contributed by atoms with Gasteiger partial charge in [-0.15, -0.1) is 0 Å². The van der Waals surface area contributed by atoms with Crippen molar-refractivity contribution in [3.05, 3.63) is 0 Å².